The SMILES string of the molecule is CCCOC(=O)C(c1ccccc1)N1C(=O)/C(=C\c2ccc(OCc3cc(C)c(C)cc3C)cc2)SC1=S. The Morgan fingerprint density at radius 3 is 2.37 bits per heavy atom. The fourth-order valence-corrected chi connectivity index (χ4v) is 5.47. The molecule has 1 aliphatic heterocycles. The van der Waals surface area contributed by atoms with Crippen LogP contribution in [-0.2, 0) is 20.9 Å². The Hall–Kier alpha value is -3.42. The number of hydrogen-bond acceptors (Lipinski definition) is 6. The molecule has 196 valence electrons. The van der Waals surface area contributed by atoms with Crippen LogP contribution in [0.4, 0.5) is 0 Å². The molecule has 0 N–H and O–H groups in total. The molecule has 1 heterocycles. The van der Waals surface area contributed by atoms with Gasteiger partial charge in [-0.05, 0) is 78.8 Å². The van der Waals surface area contributed by atoms with Gasteiger partial charge in [-0.1, -0.05) is 85.5 Å². The third-order valence-corrected chi connectivity index (χ3v) is 7.72. The van der Waals surface area contributed by atoms with Gasteiger partial charge in [-0.15, -0.1) is 0 Å². The summed E-state index contributed by atoms with van der Waals surface area (Å²) < 4.78 is 11.8. The molecule has 5 nitrogen and oxygen atoms in total. The molecule has 0 aliphatic carbocycles. The number of aryl methyl sites for hydroxylation is 3. The van der Waals surface area contributed by atoms with Crippen LogP contribution in [0.25, 0.3) is 6.08 Å². The molecular weight excluding hydrogens is 514 g/mol. The lowest BCUT2D eigenvalue weighted by atomic mass is 10.0. The molecule has 3 aromatic carbocycles. The Morgan fingerprint density at radius 1 is 1.00 bits per heavy atom. The highest BCUT2D eigenvalue weighted by Crippen LogP contribution is 2.39. The summed E-state index contributed by atoms with van der Waals surface area (Å²) in [6.07, 6.45) is 2.48. The number of ether oxygens (including phenoxy) is 2. The molecule has 1 amide bonds. The molecular formula is C31H31NO4S2. The molecule has 4 rings (SSSR count). The van der Waals surface area contributed by atoms with Crippen molar-refractivity contribution in [2.75, 3.05) is 6.61 Å². The van der Waals surface area contributed by atoms with Gasteiger partial charge in [0.05, 0.1) is 11.5 Å². The number of carbonyl (C=O) groups excluding carboxylic acids is 2. The highest BCUT2D eigenvalue weighted by molar-refractivity contribution is 8.26. The maximum atomic E-state index is 13.4. The summed E-state index contributed by atoms with van der Waals surface area (Å²) in [5, 5.41) is 0. The van der Waals surface area contributed by atoms with E-state index >= 15 is 0 Å². The number of esters is 1. The molecule has 0 spiro atoms. The van der Waals surface area contributed by atoms with Crippen molar-refractivity contribution in [1.29, 1.82) is 0 Å². The number of thiocarbonyl (C=S) groups is 1. The Balaban J connectivity index is 1.49. The first-order valence-electron chi connectivity index (χ1n) is 12.6. The predicted octanol–water partition coefficient (Wildman–Crippen LogP) is 7.09. The van der Waals surface area contributed by atoms with E-state index in [-0.39, 0.29) is 12.5 Å². The summed E-state index contributed by atoms with van der Waals surface area (Å²) in [5.74, 6) is -0.0564. The molecule has 38 heavy (non-hydrogen) atoms. The Morgan fingerprint density at radius 2 is 1.68 bits per heavy atom. The number of amides is 1. The van der Waals surface area contributed by atoms with Crippen LogP contribution in [0.3, 0.4) is 0 Å². The van der Waals surface area contributed by atoms with Crippen molar-refractivity contribution in [3.8, 4) is 5.75 Å². The topological polar surface area (TPSA) is 55.8 Å². The Kier molecular flexibility index (Phi) is 9.02. The van der Waals surface area contributed by atoms with Crippen LogP contribution in [0.15, 0.2) is 71.6 Å². The third-order valence-electron chi connectivity index (χ3n) is 6.39. The maximum Gasteiger partial charge on any atom is 0.333 e. The third kappa shape index (κ3) is 6.34. The van der Waals surface area contributed by atoms with E-state index < -0.39 is 12.0 Å². The van der Waals surface area contributed by atoms with Crippen molar-refractivity contribution in [2.24, 2.45) is 0 Å². The van der Waals surface area contributed by atoms with Crippen LogP contribution in [0.1, 0.15) is 52.8 Å². The van der Waals surface area contributed by atoms with Crippen molar-refractivity contribution in [2.45, 2.75) is 46.8 Å². The molecule has 7 heteroatoms. The fraction of sp³-hybridized carbons (Fsp3) is 0.258. The molecule has 0 radical (unpaired) electrons. The first-order valence-corrected chi connectivity index (χ1v) is 13.8. The minimum Gasteiger partial charge on any atom is -0.489 e. The summed E-state index contributed by atoms with van der Waals surface area (Å²) in [4.78, 5) is 28.2. The van der Waals surface area contributed by atoms with Gasteiger partial charge in [0.25, 0.3) is 5.91 Å². The van der Waals surface area contributed by atoms with E-state index in [1.165, 1.54) is 33.4 Å². The Bertz CT molecular complexity index is 1370. The molecule has 1 aliphatic rings. The minimum atomic E-state index is -0.925. The molecule has 1 atom stereocenters. The first-order chi connectivity index (χ1) is 18.3. The number of hydrogen-bond donors (Lipinski definition) is 0. The standard InChI is InChI=1S/C31H31NO4S2/c1-5-15-35-30(34)28(24-9-7-6-8-10-24)32-29(33)27(38-31(32)37)18-23-11-13-26(14-12-23)36-19-25-17-21(3)20(2)16-22(25)4/h6-14,16-18,28H,5,15,19H2,1-4H3/b27-18+. The van der Waals surface area contributed by atoms with E-state index in [0.29, 0.717) is 27.8 Å². The van der Waals surface area contributed by atoms with Gasteiger partial charge in [0.1, 0.15) is 16.7 Å². The first kappa shape index (κ1) is 27.6. The predicted molar refractivity (Wildman–Crippen MR) is 157 cm³/mol. The van der Waals surface area contributed by atoms with Crippen molar-refractivity contribution in [1.82, 2.24) is 4.90 Å². The zero-order valence-electron chi connectivity index (χ0n) is 22.0. The van der Waals surface area contributed by atoms with Gasteiger partial charge in [0.15, 0.2) is 6.04 Å². The van der Waals surface area contributed by atoms with Gasteiger partial charge in [0, 0.05) is 0 Å². The molecule has 1 unspecified atom stereocenters. The summed E-state index contributed by atoms with van der Waals surface area (Å²) in [7, 11) is 0. The molecule has 1 fully saturated rings. The minimum absolute atomic E-state index is 0.282. The van der Waals surface area contributed by atoms with E-state index in [1.54, 1.807) is 18.2 Å². The van der Waals surface area contributed by atoms with Crippen LogP contribution in [0, 0.1) is 20.8 Å². The lowest BCUT2D eigenvalue weighted by molar-refractivity contribution is -0.151. The van der Waals surface area contributed by atoms with Crippen molar-refractivity contribution in [3.05, 3.63) is 105 Å². The highest BCUT2D eigenvalue weighted by Gasteiger charge is 2.42. The average Bonchev–Trinajstić information content (AvgIpc) is 3.18. The van der Waals surface area contributed by atoms with Crippen molar-refractivity contribution < 1.29 is 19.1 Å². The number of nitrogens with zero attached hydrogens (tertiary/aromatic N) is 1. The van der Waals surface area contributed by atoms with E-state index in [1.807, 2.05) is 49.4 Å². The molecule has 0 aromatic heterocycles. The van der Waals surface area contributed by atoms with Gasteiger partial charge >= 0.3 is 5.97 Å². The zero-order chi connectivity index (χ0) is 27.2. The van der Waals surface area contributed by atoms with Crippen LogP contribution in [0.5, 0.6) is 5.75 Å². The van der Waals surface area contributed by atoms with Crippen molar-refractivity contribution >= 4 is 46.3 Å². The summed E-state index contributed by atoms with van der Waals surface area (Å²) in [6.45, 7) is 9.00. The quantitative estimate of drug-likeness (QED) is 0.163. The monoisotopic (exact) mass is 545 g/mol. The average molecular weight is 546 g/mol. The smallest absolute Gasteiger partial charge is 0.333 e. The van der Waals surface area contributed by atoms with Crippen LogP contribution in [0.2, 0.25) is 0 Å². The summed E-state index contributed by atoms with van der Waals surface area (Å²) in [6, 6.07) is 20.1. The molecule has 1 saturated heterocycles. The summed E-state index contributed by atoms with van der Waals surface area (Å²) >= 11 is 6.73. The van der Waals surface area contributed by atoms with Crippen molar-refractivity contribution in [3.63, 3.8) is 0 Å². The molecule has 3 aromatic rings. The van der Waals surface area contributed by atoms with Gasteiger partial charge in [0.2, 0.25) is 0 Å². The zero-order valence-corrected chi connectivity index (χ0v) is 23.7. The van der Waals surface area contributed by atoms with Crippen LogP contribution < -0.4 is 4.74 Å². The largest absolute Gasteiger partial charge is 0.489 e. The van der Waals surface area contributed by atoms with E-state index in [9.17, 15) is 9.59 Å². The van der Waals surface area contributed by atoms with E-state index in [4.69, 9.17) is 21.7 Å². The van der Waals surface area contributed by atoms with Gasteiger partial charge in [-0.2, -0.15) is 0 Å². The van der Waals surface area contributed by atoms with E-state index in [2.05, 4.69) is 32.9 Å². The van der Waals surface area contributed by atoms with E-state index in [0.717, 1.165) is 16.9 Å². The lowest BCUT2D eigenvalue weighted by Gasteiger charge is -2.25. The molecule has 0 saturated carbocycles. The maximum absolute atomic E-state index is 13.4. The number of benzene rings is 3. The van der Waals surface area contributed by atoms with Gasteiger partial charge in [-0.3, -0.25) is 9.69 Å². The lowest BCUT2D eigenvalue weighted by Crippen LogP contribution is -2.38. The van der Waals surface area contributed by atoms with Crippen LogP contribution >= 0.6 is 24.0 Å². The van der Waals surface area contributed by atoms with Crippen LogP contribution in [-0.4, -0.2) is 27.7 Å². The second-order valence-corrected chi connectivity index (χ2v) is 10.9. The number of rotatable bonds is 9. The van der Waals surface area contributed by atoms with Gasteiger partial charge in [-0.25, -0.2) is 4.79 Å². The highest BCUT2D eigenvalue weighted by atomic mass is 32.2. The fourth-order valence-electron chi connectivity index (χ4n) is 4.16. The Labute approximate surface area is 233 Å². The second-order valence-electron chi connectivity index (χ2n) is 9.25. The molecule has 0 bridgehead atoms. The second kappa shape index (κ2) is 12.4. The normalized spacial score (nSPS) is 15.2. The number of thioether (sulfide) groups is 1. The summed E-state index contributed by atoms with van der Waals surface area (Å²) in [5.41, 5.74) is 6.38. The van der Waals surface area contributed by atoms with Gasteiger partial charge < -0.3 is 9.47 Å². The number of carbonyl (C=O) groups is 2.